The number of benzene rings is 1. The molecule has 0 spiro atoms. The molecule has 1 heterocycles. The Balaban J connectivity index is 2.07. The van der Waals surface area contributed by atoms with Crippen molar-refractivity contribution < 1.29 is 14.3 Å². The first-order valence-corrected chi connectivity index (χ1v) is 6.87. The minimum atomic E-state index is -0.243. The van der Waals surface area contributed by atoms with Crippen molar-refractivity contribution in [2.45, 2.75) is 0 Å². The molecule has 0 aliphatic rings. The minimum Gasteiger partial charge on any atom is -0.495 e. The van der Waals surface area contributed by atoms with Crippen molar-refractivity contribution in [3.8, 4) is 5.75 Å². The molecular formula is C16H19N3O3. The third-order valence-electron chi connectivity index (χ3n) is 2.99. The van der Waals surface area contributed by atoms with Gasteiger partial charge in [0.1, 0.15) is 5.75 Å². The number of carbonyl (C=O) groups excluding carboxylic acids is 1. The highest BCUT2D eigenvalue weighted by Crippen LogP contribution is 2.23. The molecule has 1 aromatic carbocycles. The zero-order valence-electron chi connectivity index (χ0n) is 12.6. The van der Waals surface area contributed by atoms with Gasteiger partial charge in [-0.15, -0.1) is 0 Å². The number of hydrogen-bond donors (Lipinski definition) is 2. The summed E-state index contributed by atoms with van der Waals surface area (Å²) in [5, 5.41) is 5.95. The van der Waals surface area contributed by atoms with E-state index in [2.05, 4.69) is 15.6 Å². The number of hydrogen-bond acceptors (Lipinski definition) is 5. The molecule has 0 unspecified atom stereocenters. The molecule has 0 aliphatic carbocycles. The molecule has 0 atom stereocenters. The largest absolute Gasteiger partial charge is 0.495 e. The summed E-state index contributed by atoms with van der Waals surface area (Å²) in [4.78, 5) is 16.4. The first kappa shape index (κ1) is 15.8. The molecule has 6 heteroatoms. The summed E-state index contributed by atoms with van der Waals surface area (Å²) in [6.45, 7) is 1.23. The van der Waals surface area contributed by atoms with E-state index in [0.717, 1.165) is 5.69 Å². The van der Waals surface area contributed by atoms with Gasteiger partial charge >= 0.3 is 0 Å². The molecule has 0 radical (unpaired) electrons. The molecule has 116 valence electrons. The molecule has 0 saturated heterocycles. The molecule has 0 bridgehead atoms. The van der Waals surface area contributed by atoms with Crippen LogP contribution in [0.4, 0.5) is 11.4 Å². The number of pyridine rings is 1. The van der Waals surface area contributed by atoms with Gasteiger partial charge < -0.3 is 20.1 Å². The van der Waals surface area contributed by atoms with Crippen molar-refractivity contribution in [2.75, 3.05) is 38.0 Å². The highest BCUT2D eigenvalue weighted by atomic mass is 16.5. The molecule has 22 heavy (non-hydrogen) atoms. The zero-order valence-corrected chi connectivity index (χ0v) is 12.6. The Morgan fingerprint density at radius 3 is 2.82 bits per heavy atom. The maximum absolute atomic E-state index is 12.3. The van der Waals surface area contributed by atoms with Crippen molar-refractivity contribution >= 4 is 17.3 Å². The molecule has 0 fully saturated rings. The maximum Gasteiger partial charge on any atom is 0.257 e. The van der Waals surface area contributed by atoms with Gasteiger partial charge in [0.25, 0.3) is 5.91 Å². The minimum absolute atomic E-state index is 0.243. The second-order valence-electron chi connectivity index (χ2n) is 4.54. The Labute approximate surface area is 129 Å². The number of rotatable bonds is 7. The van der Waals surface area contributed by atoms with Crippen LogP contribution >= 0.6 is 0 Å². The van der Waals surface area contributed by atoms with E-state index in [0.29, 0.717) is 30.2 Å². The second-order valence-corrected chi connectivity index (χ2v) is 4.54. The fourth-order valence-corrected chi connectivity index (χ4v) is 1.90. The van der Waals surface area contributed by atoms with E-state index in [9.17, 15) is 4.79 Å². The number of carbonyl (C=O) groups is 1. The summed E-state index contributed by atoms with van der Waals surface area (Å²) in [6.07, 6.45) is 3.18. The van der Waals surface area contributed by atoms with Crippen molar-refractivity contribution in [3.05, 3.63) is 48.3 Å². The number of nitrogens with one attached hydrogen (secondary N) is 2. The van der Waals surface area contributed by atoms with Crippen molar-refractivity contribution in [3.63, 3.8) is 0 Å². The van der Waals surface area contributed by atoms with E-state index < -0.39 is 0 Å². The van der Waals surface area contributed by atoms with Crippen LogP contribution < -0.4 is 15.4 Å². The van der Waals surface area contributed by atoms with E-state index in [1.165, 1.54) is 6.20 Å². The SMILES string of the molecule is COCCNc1cncc(C(=O)Nc2ccccc2OC)c1. The summed E-state index contributed by atoms with van der Waals surface area (Å²) in [7, 11) is 3.20. The van der Waals surface area contributed by atoms with Gasteiger partial charge in [0.15, 0.2) is 0 Å². The van der Waals surface area contributed by atoms with E-state index in [1.807, 2.05) is 12.1 Å². The van der Waals surface area contributed by atoms with Crippen LogP contribution in [0.2, 0.25) is 0 Å². The number of methoxy groups -OCH3 is 2. The van der Waals surface area contributed by atoms with Gasteiger partial charge in [0.2, 0.25) is 0 Å². The van der Waals surface area contributed by atoms with Gasteiger partial charge in [0.05, 0.1) is 30.7 Å². The van der Waals surface area contributed by atoms with Gasteiger partial charge in [0, 0.05) is 26.0 Å². The first-order valence-electron chi connectivity index (χ1n) is 6.87. The van der Waals surface area contributed by atoms with Crippen LogP contribution in [0.25, 0.3) is 0 Å². The summed E-state index contributed by atoms with van der Waals surface area (Å²) < 4.78 is 10.2. The number of para-hydroxylation sites is 2. The van der Waals surface area contributed by atoms with E-state index in [-0.39, 0.29) is 5.91 Å². The number of aromatic nitrogens is 1. The first-order chi connectivity index (χ1) is 10.7. The highest BCUT2D eigenvalue weighted by Gasteiger charge is 2.10. The molecule has 2 N–H and O–H groups in total. The third kappa shape index (κ3) is 4.20. The Hall–Kier alpha value is -2.60. The number of nitrogens with zero attached hydrogens (tertiary/aromatic N) is 1. The molecule has 6 nitrogen and oxygen atoms in total. The van der Waals surface area contributed by atoms with Crippen molar-refractivity contribution in [1.82, 2.24) is 4.98 Å². The average molecular weight is 301 g/mol. The van der Waals surface area contributed by atoms with Crippen molar-refractivity contribution in [2.24, 2.45) is 0 Å². The van der Waals surface area contributed by atoms with Crippen LogP contribution in [0.3, 0.4) is 0 Å². The van der Waals surface area contributed by atoms with Crippen LogP contribution in [0.1, 0.15) is 10.4 Å². The summed E-state index contributed by atoms with van der Waals surface area (Å²) >= 11 is 0. The fourth-order valence-electron chi connectivity index (χ4n) is 1.90. The second kappa shape index (κ2) is 7.99. The van der Waals surface area contributed by atoms with E-state index in [1.54, 1.807) is 38.6 Å². The van der Waals surface area contributed by atoms with Crippen LogP contribution in [0.15, 0.2) is 42.7 Å². The number of anilines is 2. The van der Waals surface area contributed by atoms with Crippen LogP contribution in [-0.2, 0) is 4.74 Å². The Bertz CT molecular complexity index is 632. The van der Waals surface area contributed by atoms with Crippen LogP contribution in [-0.4, -0.2) is 38.3 Å². The van der Waals surface area contributed by atoms with Crippen LogP contribution in [0, 0.1) is 0 Å². The molecule has 1 aromatic heterocycles. The smallest absolute Gasteiger partial charge is 0.257 e. The zero-order chi connectivity index (χ0) is 15.8. The molecule has 2 aromatic rings. The van der Waals surface area contributed by atoms with E-state index in [4.69, 9.17) is 9.47 Å². The number of amides is 1. The lowest BCUT2D eigenvalue weighted by atomic mass is 10.2. The van der Waals surface area contributed by atoms with Crippen molar-refractivity contribution in [1.29, 1.82) is 0 Å². The lowest BCUT2D eigenvalue weighted by Gasteiger charge is -2.10. The molecule has 0 aliphatic heterocycles. The lowest BCUT2D eigenvalue weighted by Crippen LogP contribution is -2.14. The summed E-state index contributed by atoms with van der Waals surface area (Å²) in [5.41, 5.74) is 1.85. The predicted octanol–water partition coefficient (Wildman–Crippen LogP) is 2.40. The Kier molecular flexibility index (Phi) is 5.73. The van der Waals surface area contributed by atoms with Crippen LogP contribution in [0.5, 0.6) is 5.75 Å². The summed E-state index contributed by atoms with van der Waals surface area (Å²) in [5.74, 6) is 0.366. The van der Waals surface area contributed by atoms with Gasteiger partial charge in [-0.05, 0) is 18.2 Å². The molecule has 0 saturated carbocycles. The number of ether oxygens (including phenoxy) is 2. The molecular weight excluding hydrogens is 282 g/mol. The standard InChI is InChI=1S/C16H19N3O3/c1-21-8-7-18-13-9-12(10-17-11-13)16(20)19-14-5-3-4-6-15(14)22-2/h3-6,9-11,18H,7-8H2,1-2H3,(H,19,20). The molecule has 1 amide bonds. The average Bonchev–Trinajstić information content (AvgIpc) is 2.56. The molecule has 2 rings (SSSR count). The van der Waals surface area contributed by atoms with E-state index >= 15 is 0 Å². The summed E-state index contributed by atoms with van der Waals surface area (Å²) in [6, 6.07) is 8.99. The normalized spacial score (nSPS) is 10.1. The highest BCUT2D eigenvalue weighted by molar-refractivity contribution is 6.05. The fraction of sp³-hybridized carbons (Fsp3) is 0.250. The Morgan fingerprint density at radius 2 is 2.05 bits per heavy atom. The van der Waals surface area contributed by atoms with Gasteiger partial charge in [-0.3, -0.25) is 9.78 Å². The quantitative estimate of drug-likeness (QED) is 0.768. The van der Waals surface area contributed by atoms with Gasteiger partial charge in [-0.2, -0.15) is 0 Å². The Morgan fingerprint density at radius 1 is 1.23 bits per heavy atom. The maximum atomic E-state index is 12.3. The lowest BCUT2D eigenvalue weighted by molar-refractivity contribution is 0.102. The third-order valence-corrected chi connectivity index (χ3v) is 2.99. The predicted molar refractivity (Wildman–Crippen MR) is 85.5 cm³/mol. The topological polar surface area (TPSA) is 72.5 Å². The van der Waals surface area contributed by atoms with Gasteiger partial charge in [-0.1, -0.05) is 12.1 Å². The van der Waals surface area contributed by atoms with Gasteiger partial charge in [-0.25, -0.2) is 0 Å². The monoisotopic (exact) mass is 301 g/mol.